The summed E-state index contributed by atoms with van der Waals surface area (Å²) in [5.41, 5.74) is 4.66. The van der Waals surface area contributed by atoms with Crippen LogP contribution in [0.25, 0.3) is 11.0 Å². The van der Waals surface area contributed by atoms with E-state index in [9.17, 15) is 0 Å². The standard InChI is InChI=1S/C18H19NO/c1-3-17-16(15-9-4-5-10-18(15)20-17)12-19-14-8-6-7-13(2)11-14/h4-11,19H,3,12H2,1-2H3. The van der Waals surface area contributed by atoms with Crippen molar-refractivity contribution in [2.45, 2.75) is 26.8 Å². The molecule has 0 aliphatic rings. The zero-order chi connectivity index (χ0) is 13.9. The molecule has 0 bridgehead atoms. The van der Waals surface area contributed by atoms with Gasteiger partial charge in [0.05, 0.1) is 0 Å². The molecule has 2 aromatic carbocycles. The summed E-state index contributed by atoms with van der Waals surface area (Å²) in [6.07, 6.45) is 0.916. The molecule has 0 saturated carbocycles. The highest BCUT2D eigenvalue weighted by Gasteiger charge is 2.11. The molecule has 1 N–H and O–H groups in total. The van der Waals surface area contributed by atoms with Gasteiger partial charge in [0.1, 0.15) is 11.3 Å². The van der Waals surface area contributed by atoms with Crippen LogP contribution in [0, 0.1) is 6.92 Å². The van der Waals surface area contributed by atoms with Crippen molar-refractivity contribution in [1.82, 2.24) is 0 Å². The highest BCUT2D eigenvalue weighted by Crippen LogP contribution is 2.27. The van der Waals surface area contributed by atoms with E-state index in [0.29, 0.717) is 0 Å². The first-order chi connectivity index (χ1) is 9.78. The highest BCUT2D eigenvalue weighted by atomic mass is 16.3. The smallest absolute Gasteiger partial charge is 0.134 e. The lowest BCUT2D eigenvalue weighted by Crippen LogP contribution is -2.01. The van der Waals surface area contributed by atoms with Crippen molar-refractivity contribution in [3.05, 3.63) is 65.4 Å². The summed E-state index contributed by atoms with van der Waals surface area (Å²) in [6, 6.07) is 16.7. The number of aryl methyl sites for hydroxylation is 2. The molecule has 0 radical (unpaired) electrons. The minimum Gasteiger partial charge on any atom is -0.461 e. The second kappa shape index (κ2) is 5.41. The average molecular weight is 265 g/mol. The molecule has 0 amide bonds. The van der Waals surface area contributed by atoms with E-state index in [0.717, 1.165) is 30.0 Å². The Labute approximate surface area is 119 Å². The maximum atomic E-state index is 5.92. The van der Waals surface area contributed by atoms with Gasteiger partial charge in [-0.25, -0.2) is 0 Å². The normalized spacial score (nSPS) is 10.9. The molecule has 0 fully saturated rings. The van der Waals surface area contributed by atoms with Gasteiger partial charge in [0, 0.05) is 29.6 Å². The van der Waals surface area contributed by atoms with Crippen LogP contribution in [-0.4, -0.2) is 0 Å². The first kappa shape index (κ1) is 12.8. The molecule has 0 aliphatic heterocycles. The van der Waals surface area contributed by atoms with Gasteiger partial charge in [-0.2, -0.15) is 0 Å². The Morgan fingerprint density at radius 2 is 1.90 bits per heavy atom. The number of benzene rings is 2. The number of rotatable bonds is 4. The van der Waals surface area contributed by atoms with Gasteiger partial charge in [-0.05, 0) is 30.7 Å². The fraction of sp³-hybridized carbons (Fsp3) is 0.222. The molecule has 2 nitrogen and oxygen atoms in total. The van der Waals surface area contributed by atoms with Gasteiger partial charge in [0.25, 0.3) is 0 Å². The molecule has 3 aromatic rings. The molecule has 20 heavy (non-hydrogen) atoms. The third kappa shape index (κ3) is 2.42. The lowest BCUT2D eigenvalue weighted by molar-refractivity contribution is 0.551. The van der Waals surface area contributed by atoms with E-state index in [1.807, 2.05) is 12.1 Å². The highest BCUT2D eigenvalue weighted by molar-refractivity contribution is 5.82. The van der Waals surface area contributed by atoms with E-state index < -0.39 is 0 Å². The van der Waals surface area contributed by atoms with Gasteiger partial charge in [-0.3, -0.25) is 0 Å². The monoisotopic (exact) mass is 265 g/mol. The molecule has 0 saturated heterocycles. The SMILES string of the molecule is CCc1oc2ccccc2c1CNc1cccc(C)c1. The van der Waals surface area contributed by atoms with E-state index in [1.165, 1.54) is 16.5 Å². The zero-order valence-corrected chi connectivity index (χ0v) is 11.9. The predicted octanol–water partition coefficient (Wildman–Crippen LogP) is 4.92. The Morgan fingerprint density at radius 1 is 1.05 bits per heavy atom. The Hall–Kier alpha value is -2.22. The summed E-state index contributed by atoms with van der Waals surface area (Å²) in [5.74, 6) is 1.08. The number of anilines is 1. The van der Waals surface area contributed by atoms with Gasteiger partial charge in [-0.15, -0.1) is 0 Å². The topological polar surface area (TPSA) is 25.2 Å². The van der Waals surface area contributed by atoms with Gasteiger partial charge in [0.15, 0.2) is 0 Å². The largest absolute Gasteiger partial charge is 0.461 e. The number of fused-ring (bicyclic) bond motifs is 1. The van der Waals surface area contributed by atoms with Crippen LogP contribution < -0.4 is 5.32 Å². The van der Waals surface area contributed by atoms with Crippen LogP contribution in [0.1, 0.15) is 23.8 Å². The summed E-state index contributed by atoms with van der Waals surface area (Å²) in [7, 11) is 0. The van der Waals surface area contributed by atoms with Gasteiger partial charge >= 0.3 is 0 Å². The van der Waals surface area contributed by atoms with Crippen LogP contribution in [0.2, 0.25) is 0 Å². The van der Waals surface area contributed by atoms with Crippen LogP contribution in [0.3, 0.4) is 0 Å². The van der Waals surface area contributed by atoms with Crippen LogP contribution in [-0.2, 0) is 13.0 Å². The molecule has 1 aromatic heterocycles. The van der Waals surface area contributed by atoms with Crippen LogP contribution in [0.5, 0.6) is 0 Å². The number of hydrogen-bond acceptors (Lipinski definition) is 2. The van der Waals surface area contributed by atoms with Crippen LogP contribution >= 0.6 is 0 Å². The molecule has 2 heteroatoms. The Bertz CT molecular complexity index is 727. The van der Waals surface area contributed by atoms with Crippen molar-refractivity contribution < 1.29 is 4.42 Å². The summed E-state index contributed by atoms with van der Waals surface area (Å²) >= 11 is 0. The molecule has 102 valence electrons. The molecule has 1 heterocycles. The third-order valence-corrected chi connectivity index (χ3v) is 3.59. The number of furan rings is 1. The summed E-state index contributed by atoms with van der Waals surface area (Å²) in [4.78, 5) is 0. The molecule has 3 rings (SSSR count). The predicted molar refractivity (Wildman–Crippen MR) is 84.1 cm³/mol. The van der Waals surface area contributed by atoms with Crippen LogP contribution in [0.15, 0.2) is 52.9 Å². The van der Waals surface area contributed by atoms with E-state index >= 15 is 0 Å². The summed E-state index contributed by atoms with van der Waals surface area (Å²) in [5, 5.41) is 4.71. The van der Waals surface area contributed by atoms with Gasteiger partial charge in [-0.1, -0.05) is 37.3 Å². The Kier molecular flexibility index (Phi) is 3.46. The average Bonchev–Trinajstić information content (AvgIpc) is 2.83. The lowest BCUT2D eigenvalue weighted by Gasteiger charge is -2.07. The lowest BCUT2D eigenvalue weighted by atomic mass is 10.1. The Balaban J connectivity index is 1.90. The van der Waals surface area contributed by atoms with Crippen molar-refractivity contribution in [3.8, 4) is 0 Å². The summed E-state index contributed by atoms with van der Waals surface area (Å²) in [6.45, 7) is 5.04. The second-order valence-electron chi connectivity index (χ2n) is 5.08. The minimum absolute atomic E-state index is 0.795. The maximum absolute atomic E-state index is 5.92. The first-order valence-corrected chi connectivity index (χ1v) is 7.07. The summed E-state index contributed by atoms with van der Waals surface area (Å²) < 4.78 is 5.92. The van der Waals surface area contributed by atoms with E-state index in [-0.39, 0.29) is 0 Å². The maximum Gasteiger partial charge on any atom is 0.134 e. The fourth-order valence-corrected chi connectivity index (χ4v) is 2.57. The Morgan fingerprint density at radius 3 is 2.70 bits per heavy atom. The van der Waals surface area contributed by atoms with Crippen molar-refractivity contribution in [3.63, 3.8) is 0 Å². The van der Waals surface area contributed by atoms with E-state index in [4.69, 9.17) is 4.42 Å². The van der Waals surface area contributed by atoms with Gasteiger partial charge in [0.2, 0.25) is 0 Å². The van der Waals surface area contributed by atoms with Crippen molar-refractivity contribution in [2.75, 3.05) is 5.32 Å². The molecular weight excluding hydrogens is 246 g/mol. The number of nitrogens with one attached hydrogen (secondary N) is 1. The van der Waals surface area contributed by atoms with E-state index in [1.54, 1.807) is 0 Å². The minimum atomic E-state index is 0.795. The third-order valence-electron chi connectivity index (χ3n) is 3.59. The molecular formula is C18H19NO. The van der Waals surface area contributed by atoms with Crippen molar-refractivity contribution in [1.29, 1.82) is 0 Å². The quantitative estimate of drug-likeness (QED) is 0.724. The van der Waals surface area contributed by atoms with Crippen molar-refractivity contribution >= 4 is 16.7 Å². The first-order valence-electron chi connectivity index (χ1n) is 7.07. The zero-order valence-electron chi connectivity index (χ0n) is 11.9. The second-order valence-corrected chi connectivity index (χ2v) is 5.08. The van der Waals surface area contributed by atoms with Crippen LogP contribution in [0.4, 0.5) is 5.69 Å². The van der Waals surface area contributed by atoms with Gasteiger partial charge < -0.3 is 9.73 Å². The molecule has 0 unspecified atom stereocenters. The molecule has 0 aliphatic carbocycles. The molecule has 0 spiro atoms. The van der Waals surface area contributed by atoms with Crippen molar-refractivity contribution in [2.24, 2.45) is 0 Å². The fourth-order valence-electron chi connectivity index (χ4n) is 2.57. The van der Waals surface area contributed by atoms with E-state index in [2.05, 4.69) is 55.6 Å². The molecule has 0 atom stereocenters. The number of hydrogen-bond donors (Lipinski definition) is 1. The number of para-hydroxylation sites is 1.